The van der Waals surface area contributed by atoms with Crippen LogP contribution >= 0.6 is 0 Å². The molecule has 1 spiro atoms. The molecule has 0 unspecified atom stereocenters. The number of ether oxygens (including phenoxy) is 1. The lowest BCUT2D eigenvalue weighted by molar-refractivity contribution is -0.160. The van der Waals surface area contributed by atoms with Crippen LogP contribution in [0.5, 0.6) is 0 Å². The van der Waals surface area contributed by atoms with E-state index in [2.05, 4.69) is 0 Å². The molecule has 2 nitrogen and oxygen atoms in total. The van der Waals surface area contributed by atoms with Gasteiger partial charge in [0, 0.05) is 12.0 Å². The van der Waals surface area contributed by atoms with Crippen LogP contribution in [0.1, 0.15) is 45.4 Å². The van der Waals surface area contributed by atoms with Gasteiger partial charge in [-0.15, -0.1) is 0 Å². The molecule has 2 rings (SSSR count). The molecular weight excluding hydrogens is 164 g/mol. The van der Waals surface area contributed by atoms with Crippen molar-refractivity contribution in [3.63, 3.8) is 0 Å². The van der Waals surface area contributed by atoms with E-state index in [1.165, 1.54) is 19.3 Å². The number of hydrogen-bond acceptors (Lipinski definition) is 2. The molecule has 1 aliphatic heterocycles. The first-order valence-electron chi connectivity index (χ1n) is 5.12. The lowest BCUT2D eigenvalue weighted by atomic mass is 9.80. The van der Waals surface area contributed by atoms with E-state index >= 15 is 0 Å². The van der Waals surface area contributed by atoms with Crippen molar-refractivity contribution in [2.24, 2.45) is 0 Å². The van der Waals surface area contributed by atoms with E-state index in [-0.39, 0.29) is 11.6 Å². The molecule has 0 aromatic carbocycles. The molecule has 0 bridgehead atoms. The van der Waals surface area contributed by atoms with Gasteiger partial charge in [0.2, 0.25) is 0 Å². The van der Waals surface area contributed by atoms with E-state index < -0.39 is 0 Å². The summed E-state index contributed by atoms with van der Waals surface area (Å²) in [7, 11) is 0. The number of carbonyl (C=O) groups excluding carboxylic acids is 1. The predicted octanol–water partition coefficient (Wildman–Crippen LogP) is 2.58. The standard InChI is InChI=1S/C11H16O2/c1-9-5-8-11(13-10(9)12)6-3-2-4-7-11/h5H,2-4,6-8H2,1H3. The highest BCUT2D eigenvalue weighted by Gasteiger charge is 2.37. The Labute approximate surface area is 79.0 Å². The van der Waals surface area contributed by atoms with Crippen molar-refractivity contribution in [3.8, 4) is 0 Å². The highest BCUT2D eigenvalue weighted by molar-refractivity contribution is 5.88. The monoisotopic (exact) mass is 180 g/mol. The van der Waals surface area contributed by atoms with Crippen LogP contribution in [0, 0.1) is 0 Å². The summed E-state index contributed by atoms with van der Waals surface area (Å²) in [6, 6.07) is 0. The average molecular weight is 180 g/mol. The summed E-state index contributed by atoms with van der Waals surface area (Å²) < 4.78 is 5.52. The Hall–Kier alpha value is -0.790. The van der Waals surface area contributed by atoms with Gasteiger partial charge < -0.3 is 4.74 Å². The summed E-state index contributed by atoms with van der Waals surface area (Å²) in [5.74, 6) is -0.104. The lowest BCUT2D eigenvalue weighted by Gasteiger charge is -2.38. The topological polar surface area (TPSA) is 26.3 Å². The van der Waals surface area contributed by atoms with Gasteiger partial charge in [-0.25, -0.2) is 4.79 Å². The van der Waals surface area contributed by atoms with E-state index in [0.29, 0.717) is 0 Å². The van der Waals surface area contributed by atoms with Crippen LogP contribution in [0.15, 0.2) is 11.6 Å². The zero-order valence-corrected chi connectivity index (χ0v) is 8.14. The predicted molar refractivity (Wildman–Crippen MR) is 50.3 cm³/mol. The zero-order chi connectivity index (χ0) is 9.31. The van der Waals surface area contributed by atoms with Crippen molar-refractivity contribution in [2.75, 3.05) is 0 Å². The Kier molecular flexibility index (Phi) is 2.14. The number of rotatable bonds is 0. The third-order valence-corrected chi connectivity index (χ3v) is 3.18. The van der Waals surface area contributed by atoms with Gasteiger partial charge in [-0.2, -0.15) is 0 Å². The summed E-state index contributed by atoms with van der Waals surface area (Å²) in [4.78, 5) is 11.4. The van der Waals surface area contributed by atoms with E-state index in [1.54, 1.807) is 0 Å². The molecule has 1 heterocycles. The molecule has 0 aromatic heterocycles. The molecule has 0 amide bonds. The number of hydrogen-bond donors (Lipinski definition) is 0. The Morgan fingerprint density at radius 1 is 1.31 bits per heavy atom. The first kappa shape index (κ1) is 8.79. The second kappa shape index (κ2) is 3.17. The van der Waals surface area contributed by atoms with Crippen LogP contribution in [-0.2, 0) is 9.53 Å². The van der Waals surface area contributed by atoms with E-state index in [4.69, 9.17) is 4.74 Å². The Morgan fingerprint density at radius 3 is 2.62 bits per heavy atom. The van der Waals surface area contributed by atoms with Gasteiger partial charge in [0.15, 0.2) is 0 Å². The minimum atomic E-state index is -0.116. The maximum Gasteiger partial charge on any atom is 0.333 e. The molecule has 0 aromatic rings. The van der Waals surface area contributed by atoms with E-state index in [0.717, 1.165) is 24.8 Å². The summed E-state index contributed by atoms with van der Waals surface area (Å²) in [6.07, 6.45) is 8.80. The Morgan fingerprint density at radius 2 is 2.00 bits per heavy atom. The quantitative estimate of drug-likeness (QED) is 0.535. The molecule has 1 saturated carbocycles. The fourth-order valence-corrected chi connectivity index (χ4v) is 2.24. The fraction of sp³-hybridized carbons (Fsp3) is 0.727. The Balaban J connectivity index is 2.13. The van der Waals surface area contributed by atoms with Gasteiger partial charge in [-0.05, 0) is 32.6 Å². The molecular formula is C11H16O2. The molecule has 0 atom stereocenters. The second-order valence-electron chi connectivity index (χ2n) is 4.22. The molecule has 72 valence electrons. The lowest BCUT2D eigenvalue weighted by Crippen LogP contribution is -2.39. The highest BCUT2D eigenvalue weighted by atomic mass is 16.6. The van der Waals surface area contributed by atoms with Crippen molar-refractivity contribution in [3.05, 3.63) is 11.6 Å². The first-order chi connectivity index (χ1) is 6.22. The molecule has 0 saturated heterocycles. The van der Waals surface area contributed by atoms with Gasteiger partial charge in [0.1, 0.15) is 5.60 Å². The van der Waals surface area contributed by atoms with Crippen LogP contribution in [0.2, 0.25) is 0 Å². The zero-order valence-electron chi connectivity index (χ0n) is 8.14. The van der Waals surface area contributed by atoms with Crippen molar-refractivity contribution < 1.29 is 9.53 Å². The molecule has 1 aliphatic carbocycles. The summed E-state index contributed by atoms with van der Waals surface area (Å²) >= 11 is 0. The number of esters is 1. The molecule has 0 radical (unpaired) electrons. The molecule has 0 N–H and O–H groups in total. The van der Waals surface area contributed by atoms with E-state index in [1.807, 2.05) is 13.0 Å². The largest absolute Gasteiger partial charge is 0.455 e. The van der Waals surface area contributed by atoms with Crippen molar-refractivity contribution in [1.29, 1.82) is 0 Å². The normalized spacial score (nSPS) is 26.8. The van der Waals surface area contributed by atoms with Crippen molar-refractivity contribution in [1.82, 2.24) is 0 Å². The Bertz CT molecular complexity index is 247. The molecule has 2 heteroatoms. The van der Waals surface area contributed by atoms with Crippen molar-refractivity contribution in [2.45, 2.75) is 51.0 Å². The summed E-state index contributed by atoms with van der Waals surface area (Å²) in [6.45, 7) is 1.83. The SMILES string of the molecule is CC1=CCC2(CCCCC2)OC1=O. The summed E-state index contributed by atoms with van der Waals surface area (Å²) in [5, 5.41) is 0. The van der Waals surface area contributed by atoms with Gasteiger partial charge in [0.25, 0.3) is 0 Å². The third kappa shape index (κ3) is 1.62. The highest BCUT2D eigenvalue weighted by Crippen LogP contribution is 2.37. The van der Waals surface area contributed by atoms with Gasteiger partial charge in [0.05, 0.1) is 0 Å². The second-order valence-corrected chi connectivity index (χ2v) is 4.22. The van der Waals surface area contributed by atoms with E-state index in [9.17, 15) is 4.79 Å². The first-order valence-corrected chi connectivity index (χ1v) is 5.12. The van der Waals surface area contributed by atoms with Gasteiger partial charge >= 0.3 is 5.97 Å². The van der Waals surface area contributed by atoms with Crippen LogP contribution in [0.25, 0.3) is 0 Å². The molecule has 1 fully saturated rings. The summed E-state index contributed by atoms with van der Waals surface area (Å²) in [5.41, 5.74) is 0.658. The van der Waals surface area contributed by atoms with Crippen molar-refractivity contribution >= 4 is 5.97 Å². The average Bonchev–Trinajstić information content (AvgIpc) is 2.14. The third-order valence-electron chi connectivity index (χ3n) is 3.18. The minimum absolute atomic E-state index is 0.104. The maximum absolute atomic E-state index is 11.4. The van der Waals surface area contributed by atoms with Crippen LogP contribution < -0.4 is 0 Å². The maximum atomic E-state index is 11.4. The fourth-order valence-electron chi connectivity index (χ4n) is 2.24. The minimum Gasteiger partial charge on any atom is -0.455 e. The molecule has 2 aliphatic rings. The number of carbonyl (C=O) groups is 1. The van der Waals surface area contributed by atoms with Gasteiger partial charge in [-0.3, -0.25) is 0 Å². The smallest absolute Gasteiger partial charge is 0.333 e. The van der Waals surface area contributed by atoms with Crippen LogP contribution in [-0.4, -0.2) is 11.6 Å². The van der Waals surface area contributed by atoms with Gasteiger partial charge in [-0.1, -0.05) is 12.5 Å². The van der Waals surface area contributed by atoms with Crippen LogP contribution in [0.3, 0.4) is 0 Å². The van der Waals surface area contributed by atoms with Crippen LogP contribution in [0.4, 0.5) is 0 Å². The molecule has 13 heavy (non-hydrogen) atoms.